The van der Waals surface area contributed by atoms with Crippen molar-refractivity contribution in [1.29, 1.82) is 0 Å². The van der Waals surface area contributed by atoms with E-state index in [9.17, 15) is 5.11 Å². The monoisotopic (exact) mass is 346 g/mol. The maximum atomic E-state index is 10.5. The smallest absolute Gasteiger partial charge is 0.116 e. The van der Waals surface area contributed by atoms with E-state index < -0.39 is 3.61 Å². The highest BCUT2D eigenvalue weighted by Gasteiger charge is 2.72. The summed E-state index contributed by atoms with van der Waals surface area (Å²) < 4.78 is -0.394. The molecule has 7 atom stereocenters. The summed E-state index contributed by atoms with van der Waals surface area (Å²) in [5, 5.41) is 10.5. The quantitative estimate of drug-likeness (QED) is 0.522. The van der Waals surface area contributed by atoms with Gasteiger partial charge >= 0.3 is 0 Å². The van der Waals surface area contributed by atoms with Gasteiger partial charge in [0.25, 0.3) is 0 Å². The molecule has 1 N–H and O–H groups in total. The molecule has 0 aromatic heterocycles. The molecule has 0 aliphatic heterocycles. The van der Waals surface area contributed by atoms with Gasteiger partial charge in [0.05, 0.1) is 0 Å². The summed E-state index contributed by atoms with van der Waals surface area (Å²) in [6.07, 6.45) is 6.21. The largest absolute Gasteiger partial charge is 0.380 e. The lowest BCUT2D eigenvalue weighted by atomic mass is 9.71. The van der Waals surface area contributed by atoms with E-state index in [0.717, 1.165) is 48.3 Å². The van der Waals surface area contributed by atoms with Crippen molar-refractivity contribution in [1.82, 2.24) is 0 Å². The molecule has 4 rings (SSSR count). The Morgan fingerprint density at radius 1 is 1.18 bits per heavy atom. The van der Waals surface area contributed by atoms with E-state index in [4.69, 9.17) is 0 Å². The standard InChI is InChI=1S/C15H23IO/c1-14(2)11-6-9(11)10-7-15(16,17)5-3-4-8-12(10)13(8)14/h8-13,17H,3-7H2,1-2H3/t8-,9?,10?,11?,12?,13+,15?/m0/s1. The van der Waals surface area contributed by atoms with Gasteiger partial charge in [-0.25, -0.2) is 0 Å². The van der Waals surface area contributed by atoms with Crippen molar-refractivity contribution in [2.24, 2.45) is 40.9 Å². The van der Waals surface area contributed by atoms with E-state index >= 15 is 0 Å². The zero-order valence-electron chi connectivity index (χ0n) is 10.8. The Balaban J connectivity index is 1.66. The number of halogens is 1. The van der Waals surface area contributed by atoms with Crippen molar-refractivity contribution >= 4 is 22.6 Å². The van der Waals surface area contributed by atoms with Gasteiger partial charge in [-0.15, -0.1) is 0 Å². The number of fused-ring (bicyclic) bond motifs is 3. The molecule has 4 saturated carbocycles. The lowest BCUT2D eigenvalue weighted by Crippen LogP contribution is -2.32. The van der Waals surface area contributed by atoms with Crippen molar-refractivity contribution in [3.8, 4) is 0 Å². The molecule has 4 aliphatic rings. The Morgan fingerprint density at radius 2 is 1.94 bits per heavy atom. The van der Waals surface area contributed by atoms with Crippen molar-refractivity contribution < 1.29 is 5.11 Å². The first-order chi connectivity index (χ1) is 7.92. The second-order valence-electron chi connectivity index (χ2n) is 7.77. The van der Waals surface area contributed by atoms with E-state index in [0.29, 0.717) is 5.41 Å². The van der Waals surface area contributed by atoms with Gasteiger partial charge in [-0.1, -0.05) is 13.8 Å². The molecule has 4 fully saturated rings. The van der Waals surface area contributed by atoms with Gasteiger partial charge < -0.3 is 5.11 Å². The fraction of sp³-hybridized carbons (Fsp3) is 1.00. The predicted molar refractivity (Wildman–Crippen MR) is 76.8 cm³/mol. The lowest BCUT2D eigenvalue weighted by molar-refractivity contribution is 0.0725. The zero-order valence-corrected chi connectivity index (χ0v) is 13.0. The number of alkyl halides is 1. The molecule has 0 bridgehead atoms. The first-order valence-corrected chi connectivity index (χ1v) is 8.41. The highest BCUT2D eigenvalue weighted by Crippen LogP contribution is 2.78. The molecule has 1 nitrogen and oxygen atoms in total. The molecule has 5 unspecified atom stereocenters. The number of rotatable bonds is 0. The normalized spacial score (nSPS) is 62.8. The summed E-state index contributed by atoms with van der Waals surface area (Å²) in [6, 6.07) is 0. The minimum atomic E-state index is -0.394. The van der Waals surface area contributed by atoms with Gasteiger partial charge in [-0.3, -0.25) is 0 Å². The molecular formula is C15H23IO. The van der Waals surface area contributed by atoms with Crippen LogP contribution in [0, 0.1) is 40.9 Å². The summed E-state index contributed by atoms with van der Waals surface area (Å²) in [6.45, 7) is 5.05. The molecule has 17 heavy (non-hydrogen) atoms. The SMILES string of the molecule is CC1(C)C2CC2C2CC(O)(I)CCC[C@H]3C2[C@@H]31. The molecule has 2 heteroatoms. The minimum Gasteiger partial charge on any atom is -0.380 e. The predicted octanol–water partition coefficient (Wildman–Crippen LogP) is 3.84. The van der Waals surface area contributed by atoms with E-state index in [2.05, 4.69) is 36.4 Å². The van der Waals surface area contributed by atoms with E-state index in [1.807, 2.05) is 0 Å². The van der Waals surface area contributed by atoms with Crippen LogP contribution in [0.1, 0.15) is 46.0 Å². The third-order valence-corrected chi connectivity index (χ3v) is 7.55. The molecular weight excluding hydrogens is 323 g/mol. The summed E-state index contributed by atoms with van der Waals surface area (Å²) in [7, 11) is 0. The molecule has 0 aromatic rings. The van der Waals surface area contributed by atoms with E-state index in [1.54, 1.807) is 0 Å². The molecule has 0 aromatic carbocycles. The zero-order chi connectivity index (χ0) is 12.0. The summed E-state index contributed by atoms with van der Waals surface area (Å²) in [5.41, 5.74) is 0.615. The molecule has 4 aliphatic carbocycles. The molecule has 96 valence electrons. The number of aliphatic hydroxyl groups is 1. The van der Waals surface area contributed by atoms with E-state index in [1.165, 1.54) is 19.3 Å². The highest BCUT2D eigenvalue weighted by atomic mass is 127. The summed E-state index contributed by atoms with van der Waals surface area (Å²) >= 11 is 2.32. The van der Waals surface area contributed by atoms with Crippen LogP contribution in [0.4, 0.5) is 0 Å². The van der Waals surface area contributed by atoms with Crippen LogP contribution >= 0.6 is 22.6 Å². The van der Waals surface area contributed by atoms with Crippen molar-refractivity contribution in [3.63, 3.8) is 0 Å². The minimum absolute atomic E-state index is 0.394. The molecule has 0 saturated heterocycles. The molecule has 0 heterocycles. The van der Waals surface area contributed by atoms with E-state index in [-0.39, 0.29) is 0 Å². The maximum Gasteiger partial charge on any atom is 0.116 e. The van der Waals surface area contributed by atoms with Gasteiger partial charge in [-0.2, -0.15) is 0 Å². The fourth-order valence-electron chi connectivity index (χ4n) is 5.84. The first kappa shape index (κ1) is 11.5. The first-order valence-electron chi connectivity index (χ1n) is 7.33. The third-order valence-electron chi connectivity index (χ3n) is 6.57. The second-order valence-corrected chi connectivity index (χ2v) is 9.78. The Labute approximate surface area is 118 Å². The van der Waals surface area contributed by atoms with Crippen LogP contribution < -0.4 is 0 Å². The van der Waals surface area contributed by atoms with Crippen LogP contribution in [0.5, 0.6) is 0 Å². The Morgan fingerprint density at radius 3 is 2.71 bits per heavy atom. The molecule has 0 spiro atoms. The van der Waals surface area contributed by atoms with Crippen molar-refractivity contribution in [2.75, 3.05) is 0 Å². The average molecular weight is 346 g/mol. The van der Waals surface area contributed by atoms with Gasteiger partial charge in [0.15, 0.2) is 0 Å². The third kappa shape index (κ3) is 1.52. The Hall–Kier alpha value is 0.690. The summed E-state index contributed by atoms with van der Waals surface area (Å²) in [4.78, 5) is 0. The topological polar surface area (TPSA) is 20.2 Å². The average Bonchev–Trinajstić information content (AvgIpc) is 3.03. The van der Waals surface area contributed by atoms with Crippen LogP contribution in [-0.4, -0.2) is 8.71 Å². The molecule has 0 radical (unpaired) electrons. The van der Waals surface area contributed by atoms with Crippen LogP contribution in [0.25, 0.3) is 0 Å². The maximum absolute atomic E-state index is 10.5. The number of hydrogen-bond donors (Lipinski definition) is 1. The highest BCUT2D eigenvalue weighted by molar-refractivity contribution is 14.1. The summed E-state index contributed by atoms with van der Waals surface area (Å²) in [5.74, 6) is 5.83. The lowest BCUT2D eigenvalue weighted by Gasteiger charge is -2.36. The van der Waals surface area contributed by atoms with Crippen LogP contribution in [0.2, 0.25) is 0 Å². The van der Waals surface area contributed by atoms with Crippen molar-refractivity contribution in [3.05, 3.63) is 0 Å². The Kier molecular flexibility index (Phi) is 2.18. The van der Waals surface area contributed by atoms with Gasteiger partial charge in [0.2, 0.25) is 0 Å². The Bertz CT molecular complexity index is 362. The molecule has 0 amide bonds. The van der Waals surface area contributed by atoms with Crippen LogP contribution in [0.15, 0.2) is 0 Å². The second kappa shape index (κ2) is 3.23. The number of hydrogen-bond acceptors (Lipinski definition) is 1. The van der Waals surface area contributed by atoms with Crippen LogP contribution in [-0.2, 0) is 0 Å². The van der Waals surface area contributed by atoms with Gasteiger partial charge in [0, 0.05) is 0 Å². The van der Waals surface area contributed by atoms with Crippen molar-refractivity contribution in [2.45, 2.75) is 49.6 Å². The van der Waals surface area contributed by atoms with Crippen LogP contribution in [0.3, 0.4) is 0 Å². The van der Waals surface area contributed by atoms with Gasteiger partial charge in [0.1, 0.15) is 3.61 Å². The fourth-order valence-corrected chi connectivity index (χ4v) is 6.73. The van der Waals surface area contributed by atoms with Gasteiger partial charge in [-0.05, 0) is 95.6 Å².